The molecule has 0 bridgehead atoms. The number of nitrogens with zero attached hydrogens (tertiary/aromatic N) is 1. The molecule has 2 N–H and O–H groups in total. The molecule has 2 aromatic carbocycles. The molecule has 0 radical (unpaired) electrons. The van der Waals surface area contributed by atoms with Gasteiger partial charge >= 0.3 is 5.97 Å². The lowest BCUT2D eigenvalue weighted by Crippen LogP contribution is -2.24. The van der Waals surface area contributed by atoms with Crippen molar-refractivity contribution in [2.24, 2.45) is 5.10 Å². The van der Waals surface area contributed by atoms with Crippen molar-refractivity contribution in [2.75, 3.05) is 13.2 Å². The van der Waals surface area contributed by atoms with Crippen LogP contribution in [0.1, 0.15) is 11.1 Å². The Hall–Kier alpha value is -3.61. The third kappa shape index (κ3) is 7.03. The molecular formula is C20H20N2O5. The number of carboxylic acid groups (broad SMARTS) is 1. The summed E-state index contributed by atoms with van der Waals surface area (Å²) in [5.74, 6) is -0.364. The van der Waals surface area contributed by atoms with Gasteiger partial charge in [0.2, 0.25) is 0 Å². The minimum atomic E-state index is -1.04. The molecule has 2 rings (SSSR count). The average Bonchev–Trinajstić information content (AvgIpc) is 2.67. The summed E-state index contributed by atoms with van der Waals surface area (Å²) in [4.78, 5) is 22.3. The summed E-state index contributed by atoms with van der Waals surface area (Å²) < 4.78 is 10.5. The Balaban J connectivity index is 1.79. The highest BCUT2D eigenvalue weighted by atomic mass is 16.5. The van der Waals surface area contributed by atoms with Crippen molar-refractivity contribution in [1.82, 2.24) is 5.43 Å². The maximum absolute atomic E-state index is 11.8. The summed E-state index contributed by atoms with van der Waals surface area (Å²) in [6.07, 6.45) is 3.89. The number of carbonyl (C=O) groups is 2. The Morgan fingerprint density at radius 3 is 2.52 bits per heavy atom. The highest BCUT2D eigenvalue weighted by Crippen LogP contribution is 2.18. The molecule has 0 atom stereocenters. The molecule has 1 amide bonds. The number of hydrogen-bond donors (Lipinski definition) is 2. The first-order valence-electron chi connectivity index (χ1n) is 8.16. The number of para-hydroxylation sites is 1. The number of carbonyl (C=O) groups excluding carboxylic acids is 1. The highest BCUT2D eigenvalue weighted by molar-refractivity contribution is 5.83. The Bertz CT molecular complexity index is 815. The number of carboxylic acids is 1. The molecule has 7 nitrogen and oxygen atoms in total. The molecule has 27 heavy (non-hydrogen) atoms. The SMILES string of the molecule is C=CCc1ccccc1OCC(=O)NN=Cc1ccc(OCC(=O)O)cc1. The molecule has 0 spiro atoms. The molecular weight excluding hydrogens is 348 g/mol. The van der Waals surface area contributed by atoms with Gasteiger partial charge in [-0.1, -0.05) is 24.3 Å². The second-order valence-corrected chi connectivity index (χ2v) is 5.43. The zero-order chi connectivity index (χ0) is 19.5. The lowest BCUT2D eigenvalue weighted by molar-refractivity contribution is -0.139. The highest BCUT2D eigenvalue weighted by Gasteiger charge is 2.05. The van der Waals surface area contributed by atoms with E-state index in [1.165, 1.54) is 6.21 Å². The molecule has 0 saturated carbocycles. The van der Waals surface area contributed by atoms with Crippen LogP contribution in [0.2, 0.25) is 0 Å². The smallest absolute Gasteiger partial charge is 0.341 e. The largest absolute Gasteiger partial charge is 0.483 e. The predicted octanol–water partition coefficient (Wildman–Crippen LogP) is 2.41. The van der Waals surface area contributed by atoms with E-state index in [0.717, 1.165) is 11.1 Å². The number of hydrogen-bond acceptors (Lipinski definition) is 5. The standard InChI is InChI=1S/C20H20N2O5/c1-2-5-16-6-3-4-7-18(16)27-13-19(23)22-21-12-15-8-10-17(11-9-15)26-14-20(24)25/h2-4,6-12H,1,5,13-14H2,(H,22,23)(H,24,25). The molecule has 0 aliphatic heterocycles. The molecule has 0 aromatic heterocycles. The number of benzene rings is 2. The van der Waals surface area contributed by atoms with Crippen LogP contribution in [0.4, 0.5) is 0 Å². The van der Waals surface area contributed by atoms with Gasteiger partial charge in [-0.3, -0.25) is 4.79 Å². The third-order valence-electron chi connectivity index (χ3n) is 3.34. The van der Waals surface area contributed by atoms with Gasteiger partial charge < -0.3 is 14.6 Å². The van der Waals surface area contributed by atoms with E-state index in [9.17, 15) is 9.59 Å². The van der Waals surface area contributed by atoms with Crippen LogP contribution in [0.25, 0.3) is 0 Å². The summed E-state index contributed by atoms with van der Waals surface area (Å²) in [5, 5.41) is 12.4. The quantitative estimate of drug-likeness (QED) is 0.381. The van der Waals surface area contributed by atoms with Gasteiger partial charge in [-0.15, -0.1) is 6.58 Å². The lowest BCUT2D eigenvalue weighted by atomic mass is 10.1. The van der Waals surface area contributed by atoms with E-state index in [0.29, 0.717) is 17.9 Å². The zero-order valence-corrected chi connectivity index (χ0v) is 14.6. The van der Waals surface area contributed by atoms with Gasteiger partial charge in [-0.2, -0.15) is 5.10 Å². The minimum absolute atomic E-state index is 0.159. The van der Waals surface area contributed by atoms with E-state index in [1.54, 1.807) is 36.4 Å². The predicted molar refractivity (Wildman–Crippen MR) is 101 cm³/mol. The summed E-state index contributed by atoms with van der Waals surface area (Å²) in [6.45, 7) is 3.13. The van der Waals surface area contributed by atoms with Gasteiger partial charge in [-0.05, 0) is 47.9 Å². The number of aliphatic carboxylic acids is 1. The van der Waals surface area contributed by atoms with Crippen LogP contribution >= 0.6 is 0 Å². The second kappa shape index (κ2) is 10.4. The van der Waals surface area contributed by atoms with Gasteiger partial charge in [0.1, 0.15) is 11.5 Å². The zero-order valence-electron chi connectivity index (χ0n) is 14.6. The van der Waals surface area contributed by atoms with Gasteiger partial charge in [0.15, 0.2) is 13.2 Å². The Kier molecular flexibility index (Phi) is 7.59. The monoisotopic (exact) mass is 368 g/mol. The Morgan fingerprint density at radius 1 is 1.07 bits per heavy atom. The fraction of sp³-hybridized carbons (Fsp3) is 0.150. The molecule has 2 aromatic rings. The molecule has 0 unspecified atom stereocenters. The van der Waals surface area contributed by atoms with Crippen LogP contribution < -0.4 is 14.9 Å². The van der Waals surface area contributed by atoms with E-state index in [2.05, 4.69) is 17.1 Å². The van der Waals surface area contributed by atoms with Crippen LogP contribution in [-0.2, 0) is 16.0 Å². The topological polar surface area (TPSA) is 97.2 Å². The first kappa shape index (κ1) is 19.7. The van der Waals surface area contributed by atoms with E-state index in [-0.39, 0.29) is 12.5 Å². The molecule has 0 heterocycles. The number of rotatable bonds is 10. The second-order valence-electron chi connectivity index (χ2n) is 5.43. The van der Waals surface area contributed by atoms with Crippen molar-refractivity contribution in [3.63, 3.8) is 0 Å². The van der Waals surface area contributed by atoms with Crippen molar-refractivity contribution >= 4 is 18.1 Å². The van der Waals surface area contributed by atoms with Gasteiger partial charge in [0.25, 0.3) is 5.91 Å². The van der Waals surface area contributed by atoms with Crippen LogP contribution in [0.3, 0.4) is 0 Å². The first-order chi connectivity index (χ1) is 13.1. The van der Waals surface area contributed by atoms with Crippen LogP contribution in [0.5, 0.6) is 11.5 Å². The Morgan fingerprint density at radius 2 is 1.81 bits per heavy atom. The van der Waals surface area contributed by atoms with E-state index >= 15 is 0 Å². The molecule has 0 saturated heterocycles. The van der Waals surface area contributed by atoms with Crippen LogP contribution in [0, 0.1) is 0 Å². The molecule has 140 valence electrons. The number of ether oxygens (including phenoxy) is 2. The fourth-order valence-electron chi connectivity index (χ4n) is 2.12. The number of hydrazone groups is 1. The normalized spacial score (nSPS) is 10.4. The third-order valence-corrected chi connectivity index (χ3v) is 3.34. The van der Waals surface area contributed by atoms with Gasteiger partial charge in [0, 0.05) is 0 Å². The number of allylic oxidation sites excluding steroid dienone is 1. The number of amides is 1. The van der Waals surface area contributed by atoms with Crippen molar-refractivity contribution in [2.45, 2.75) is 6.42 Å². The molecule has 0 fully saturated rings. The van der Waals surface area contributed by atoms with E-state index < -0.39 is 12.6 Å². The van der Waals surface area contributed by atoms with Crippen LogP contribution in [-0.4, -0.2) is 36.4 Å². The van der Waals surface area contributed by atoms with Crippen molar-refractivity contribution < 1.29 is 24.2 Å². The summed E-state index contributed by atoms with van der Waals surface area (Å²) in [7, 11) is 0. The molecule has 0 aliphatic rings. The van der Waals surface area contributed by atoms with Gasteiger partial charge in [-0.25, -0.2) is 10.2 Å². The summed E-state index contributed by atoms with van der Waals surface area (Å²) in [6, 6.07) is 14.1. The number of nitrogens with one attached hydrogen (secondary N) is 1. The minimum Gasteiger partial charge on any atom is -0.483 e. The summed E-state index contributed by atoms with van der Waals surface area (Å²) in [5.41, 5.74) is 4.05. The van der Waals surface area contributed by atoms with E-state index in [4.69, 9.17) is 14.6 Å². The van der Waals surface area contributed by atoms with Gasteiger partial charge in [0.05, 0.1) is 6.21 Å². The average molecular weight is 368 g/mol. The van der Waals surface area contributed by atoms with Crippen molar-refractivity contribution in [1.29, 1.82) is 0 Å². The van der Waals surface area contributed by atoms with Crippen LogP contribution in [0.15, 0.2) is 66.3 Å². The maximum atomic E-state index is 11.8. The Labute approximate surface area is 156 Å². The lowest BCUT2D eigenvalue weighted by Gasteiger charge is -2.09. The summed E-state index contributed by atoms with van der Waals surface area (Å²) >= 11 is 0. The maximum Gasteiger partial charge on any atom is 0.341 e. The fourth-order valence-corrected chi connectivity index (χ4v) is 2.12. The molecule has 0 aliphatic carbocycles. The first-order valence-corrected chi connectivity index (χ1v) is 8.16. The van der Waals surface area contributed by atoms with Crippen molar-refractivity contribution in [3.8, 4) is 11.5 Å². The van der Waals surface area contributed by atoms with E-state index in [1.807, 2.05) is 18.2 Å². The van der Waals surface area contributed by atoms with Crippen molar-refractivity contribution in [3.05, 3.63) is 72.3 Å². The molecule has 7 heteroatoms.